The molecular formula is C19H24NO4P. The Hall–Kier alpha value is -1.97. The zero-order valence-electron chi connectivity index (χ0n) is 14.3. The highest BCUT2D eigenvalue weighted by atomic mass is 31.2. The van der Waals surface area contributed by atoms with E-state index in [0.29, 0.717) is 19.3 Å². The highest BCUT2D eigenvalue weighted by Gasteiger charge is 2.39. The molecule has 0 saturated heterocycles. The molecule has 0 aliphatic carbocycles. The molecule has 134 valence electrons. The molecule has 1 heterocycles. The van der Waals surface area contributed by atoms with Crippen LogP contribution in [-0.2, 0) is 21.9 Å². The Bertz CT molecular complexity index is 721. The van der Waals surface area contributed by atoms with Crippen LogP contribution in [0.15, 0.2) is 54.9 Å². The van der Waals surface area contributed by atoms with Gasteiger partial charge in [-0.25, -0.2) is 0 Å². The molecular weight excluding hydrogens is 337 g/mol. The van der Waals surface area contributed by atoms with Crippen molar-refractivity contribution in [2.24, 2.45) is 5.92 Å². The van der Waals surface area contributed by atoms with E-state index in [2.05, 4.69) is 4.98 Å². The lowest BCUT2D eigenvalue weighted by Gasteiger charge is -2.27. The molecule has 0 spiro atoms. The summed E-state index contributed by atoms with van der Waals surface area (Å²) in [4.78, 5) is 26.4. The Kier molecular flexibility index (Phi) is 6.91. The Balaban J connectivity index is 2.15. The molecule has 1 aromatic carbocycles. The van der Waals surface area contributed by atoms with Gasteiger partial charge in [0, 0.05) is 24.2 Å². The lowest BCUT2D eigenvalue weighted by atomic mass is 9.95. The minimum Gasteiger partial charge on any atom is -0.481 e. The molecule has 25 heavy (non-hydrogen) atoms. The van der Waals surface area contributed by atoms with Crippen molar-refractivity contribution in [3.8, 4) is 0 Å². The fraction of sp³-hybridized carbons (Fsp3) is 0.368. The van der Waals surface area contributed by atoms with E-state index in [4.69, 9.17) is 0 Å². The minimum absolute atomic E-state index is 0.00300. The van der Waals surface area contributed by atoms with Crippen molar-refractivity contribution in [1.82, 2.24) is 4.98 Å². The van der Waals surface area contributed by atoms with Crippen LogP contribution in [-0.4, -0.2) is 26.6 Å². The van der Waals surface area contributed by atoms with E-state index in [1.807, 2.05) is 24.3 Å². The summed E-state index contributed by atoms with van der Waals surface area (Å²) in [5.74, 6) is -1.87. The molecule has 6 heteroatoms. The lowest BCUT2D eigenvalue weighted by Crippen LogP contribution is -2.29. The summed E-state index contributed by atoms with van der Waals surface area (Å²) < 4.78 is 13.0. The van der Waals surface area contributed by atoms with Gasteiger partial charge in [0.05, 0.1) is 5.92 Å². The number of pyridine rings is 1. The number of carboxylic acid groups (broad SMARTS) is 1. The Labute approximate surface area is 148 Å². The molecule has 0 radical (unpaired) electrons. The number of rotatable bonds is 9. The number of aryl methyl sites for hydroxylation is 1. The number of carbonyl (C=O) groups is 1. The van der Waals surface area contributed by atoms with E-state index in [9.17, 15) is 19.4 Å². The van der Waals surface area contributed by atoms with Crippen LogP contribution >= 0.6 is 7.37 Å². The van der Waals surface area contributed by atoms with Gasteiger partial charge < -0.3 is 10.00 Å². The fourth-order valence-electron chi connectivity index (χ4n) is 3.16. The number of nitrogens with zero attached hydrogens (tertiary/aromatic N) is 1. The van der Waals surface area contributed by atoms with Crippen LogP contribution in [0.2, 0.25) is 0 Å². The summed E-state index contributed by atoms with van der Waals surface area (Å²) in [6.07, 6.45) is 4.55. The maximum Gasteiger partial charge on any atom is 0.307 e. The molecule has 2 aromatic rings. The highest BCUT2D eigenvalue weighted by Crippen LogP contribution is 2.54. The van der Waals surface area contributed by atoms with Crippen molar-refractivity contribution in [2.45, 2.75) is 38.0 Å². The van der Waals surface area contributed by atoms with Gasteiger partial charge in [-0.05, 0) is 36.5 Å². The van der Waals surface area contributed by atoms with Crippen LogP contribution in [0.3, 0.4) is 0 Å². The Morgan fingerprint density at radius 1 is 1.16 bits per heavy atom. The maximum atomic E-state index is 13.0. The zero-order valence-corrected chi connectivity index (χ0v) is 15.2. The van der Waals surface area contributed by atoms with Crippen LogP contribution in [0, 0.1) is 5.92 Å². The first-order valence-electron chi connectivity index (χ1n) is 8.41. The second kappa shape index (κ2) is 8.93. The fourth-order valence-corrected chi connectivity index (χ4v) is 5.54. The van der Waals surface area contributed by atoms with E-state index in [1.165, 1.54) is 0 Å². The molecule has 0 amide bonds. The average molecular weight is 361 g/mol. The summed E-state index contributed by atoms with van der Waals surface area (Å²) in [5, 5.41) is 9.63. The molecule has 3 unspecified atom stereocenters. The van der Waals surface area contributed by atoms with Gasteiger partial charge in [0.25, 0.3) is 0 Å². The van der Waals surface area contributed by atoms with E-state index in [-0.39, 0.29) is 6.16 Å². The van der Waals surface area contributed by atoms with Crippen molar-refractivity contribution in [3.63, 3.8) is 0 Å². The first kappa shape index (κ1) is 19.4. The predicted molar refractivity (Wildman–Crippen MR) is 97.7 cm³/mol. The Morgan fingerprint density at radius 3 is 2.40 bits per heavy atom. The van der Waals surface area contributed by atoms with Gasteiger partial charge >= 0.3 is 5.97 Å². The van der Waals surface area contributed by atoms with Crippen molar-refractivity contribution >= 4 is 13.3 Å². The predicted octanol–water partition coefficient (Wildman–Crippen LogP) is 3.96. The summed E-state index contributed by atoms with van der Waals surface area (Å²) in [6.45, 7) is 1.78. The van der Waals surface area contributed by atoms with Crippen LogP contribution in [0.1, 0.15) is 30.9 Å². The topological polar surface area (TPSA) is 87.5 Å². The molecule has 3 atom stereocenters. The third kappa shape index (κ3) is 5.52. The molecule has 0 aliphatic rings. The second-order valence-corrected chi connectivity index (χ2v) is 8.71. The number of aliphatic carboxylic acids is 1. The average Bonchev–Trinajstić information content (AvgIpc) is 2.59. The van der Waals surface area contributed by atoms with Crippen molar-refractivity contribution in [3.05, 3.63) is 66.0 Å². The monoisotopic (exact) mass is 361 g/mol. The van der Waals surface area contributed by atoms with Gasteiger partial charge in [-0.15, -0.1) is 0 Å². The summed E-state index contributed by atoms with van der Waals surface area (Å²) in [6, 6.07) is 12.7. The quantitative estimate of drug-likeness (QED) is 0.660. The molecule has 0 saturated carbocycles. The maximum absolute atomic E-state index is 13.0. The number of hydrogen-bond donors (Lipinski definition) is 2. The van der Waals surface area contributed by atoms with E-state index < -0.39 is 24.9 Å². The molecule has 0 fully saturated rings. The summed E-state index contributed by atoms with van der Waals surface area (Å²) in [5.41, 5.74) is 0.921. The molecule has 2 N–H and O–H groups in total. The van der Waals surface area contributed by atoms with E-state index in [1.54, 1.807) is 37.5 Å². The van der Waals surface area contributed by atoms with Gasteiger partial charge in [-0.2, -0.15) is 0 Å². The molecule has 2 rings (SSSR count). The van der Waals surface area contributed by atoms with Crippen molar-refractivity contribution in [2.75, 3.05) is 0 Å². The first-order valence-corrected chi connectivity index (χ1v) is 10.3. The third-order valence-electron chi connectivity index (χ3n) is 4.44. The standard InChI is InChI=1S/C19H24NO4P/c1-2-18(25(23,24)14-16-7-4-3-5-8-16)17(19(21)22)11-10-15-9-6-12-20-13-15/h3-9,12-13,17-18H,2,10-11,14H2,1H3,(H,21,22)(H,23,24). The number of benzene rings is 1. The molecule has 1 aromatic heterocycles. The highest BCUT2D eigenvalue weighted by molar-refractivity contribution is 7.58. The third-order valence-corrected chi connectivity index (χ3v) is 7.02. The van der Waals surface area contributed by atoms with Crippen molar-refractivity contribution < 1.29 is 19.4 Å². The molecule has 5 nitrogen and oxygen atoms in total. The van der Waals surface area contributed by atoms with E-state index >= 15 is 0 Å². The molecule has 0 aliphatic heterocycles. The normalized spacial score (nSPS) is 15.9. The summed E-state index contributed by atoms with van der Waals surface area (Å²) in [7, 11) is -3.65. The van der Waals surface area contributed by atoms with Gasteiger partial charge in [0.2, 0.25) is 7.37 Å². The van der Waals surface area contributed by atoms with Gasteiger partial charge in [0.1, 0.15) is 0 Å². The minimum atomic E-state index is -3.65. The first-order chi connectivity index (χ1) is 11.9. The van der Waals surface area contributed by atoms with Crippen LogP contribution in [0.25, 0.3) is 0 Å². The smallest absolute Gasteiger partial charge is 0.307 e. The number of aromatic nitrogens is 1. The zero-order chi connectivity index (χ0) is 18.3. The van der Waals surface area contributed by atoms with Gasteiger partial charge in [-0.1, -0.05) is 43.3 Å². The largest absolute Gasteiger partial charge is 0.481 e. The summed E-state index contributed by atoms with van der Waals surface area (Å²) >= 11 is 0. The van der Waals surface area contributed by atoms with Crippen LogP contribution in [0.5, 0.6) is 0 Å². The lowest BCUT2D eigenvalue weighted by molar-refractivity contribution is -0.142. The number of hydrogen-bond acceptors (Lipinski definition) is 3. The second-order valence-electron chi connectivity index (χ2n) is 6.22. The Morgan fingerprint density at radius 2 is 1.84 bits per heavy atom. The van der Waals surface area contributed by atoms with Crippen molar-refractivity contribution in [1.29, 1.82) is 0 Å². The van der Waals surface area contributed by atoms with Crippen LogP contribution in [0.4, 0.5) is 0 Å². The number of carboxylic acids is 1. The van der Waals surface area contributed by atoms with Gasteiger partial charge in [0.15, 0.2) is 0 Å². The SMILES string of the molecule is CCC(C(CCc1cccnc1)C(=O)O)P(=O)(O)Cc1ccccc1. The van der Waals surface area contributed by atoms with Crippen LogP contribution < -0.4 is 0 Å². The van der Waals surface area contributed by atoms with E-state index in [0.717, 1.165) is 11.1 Å². The molecule has 0 bridgehead atoms. The van der Waals surface area contributed by atoms with Gasteiger partial charge in [-0.3, -0.25) is 14.3 Å².